The van der Waals surface area contributed by atoms with Crippen LogP contribution in [0.3, 0.4) is 0 Å². The molecule has 0 N–H and O–H groups in total. The molecule has 0 spiro atoms. The summed E-state index contributed by atoms with van der Waals surface area (Å²) < 4.78 is 0. The van der Waals surface area contributed by atoms with Gasteiger partial charge in [-0.1, -0.05) is 190 Å². The molecular weight excluding hydrogens is 809 g/mol. The quantitative estimate of drug-likeness (QED) is 0.141. The molecule has 4 rings (SSSR count). The number of rotatable bonds is 10. The second-order valence-electron chi connectivity index (χ2n) is 25.2. The zero-order chi connectivity index (χ0) is 45.2. The molecule has 0 saturated carbocycles. The van der Waals surface area contributed by atoms with Crippen LogP contribution in [0.2, 0.25) is 118 Å². The van der Waals surface area contributed by atoms with Crippen LogP contribution < -0.4 is 46.7 Å². The zero-order valence-electron chi connectivity index (χ0n) is 43.3. The van der Waals surface area contributed by atoms with Gasteiger partial charge in [0.25, 0.3) is 0 Å². The molecule has 1 unspecified atom stereocenters. The molecule has 1 atom stereocenters. The van der Waals surface area contributed by atoms with Gasteiger partial charge in [0, 0.05) is 0 Å². The highest BCUT2D eigenvalue weighted by molar-refractivity contribution is 7.24. The Hall–Kier alpha value is -1.34. The van der Waals surface area contributed by atoms with E-state index in [1.54, 1.807) is 64.5 Å². The summed E-state index contributed by atoms with van der Waals surface area (Å²) in [5.41, 5.74) is 14.1. The van der Waals surface area contributed by atoms with E-state index in [0.29, 0.717) is 5.92 Å². The largest absolute Gasteiger partial charge is 0.176 e. The van der Waals surface area contributed by atoms with Crippen molar-refractivity contribution in [1.29, 1.82) is 0 Å². The van der Waals surface area contributed by atoms with E-state index in [-0.39, 0.29) is 0 Å². The van der Waals surface area contributed by atoms with Gasteiger partial charge in [-0.25, -0.2) is 0 Å². The van der Waals surface area contributed by atoms with Gasteiger partial charge in [-0.15, -0.1) is 0 Å². The Morgan fingerprint density at radius 2 is 0.552 bits per heavy atom. The first-order valence-electron chi connectivity index (χ1n) is 22.6. The Labute approximate surface area is 367 Å². The number of hydrogen-bond acceptors (Lipinski definition) is 0. The lowest BCUT2D eigenvalue weighted by atomic mass is 10.1. The predicted molar refractivity (Wildman–Crippen MR) is 291 cm³/mol. The van der Waals surface area contributed by atoms with Gasteiger partial charge < -0.3 is 0 Å². The van der Waals surface area contributed by atoms with Crippen molar-refractivity contribution < 1.29 is 0 Å². The molecule has 7 heteroatoms. The van der Waals surface area contributed by atoms with Crippen LogP contribution >= 0.6 is 0 Å². The van der Waals surface area contributed by atoms with Crippen molar-refractivity contribution in [3.05, 3.63) is 73.5 Å². The minimum absolute atomic E-state index is 0.385. The first-order chi connectivity index (χ1) is 25.8. The van der Waals surface area contributed by atoms with Crippen molar-refractivity contribution in [2.24, 2.45) is 5.92 Å². The highest BCUT2D eigenvalue weighted by atomic mass is 28.3. The summed E-state index contributed by atoms with van der Waals surface area (Å²) in [4.78, 5) is 0. The second-order valence-corrected chi connectivity index (χ2v) is 58.8. The van der Waals surface area contributed by atoms with Crippen molar-refractivity contribution in [1.82, 2.24) is 0 Å². The normalized spacial score (nSPS) is 16.7. The van der Waals surface area contributed by atoms with Gasteiger partial charge in [-0.05, 0) is 123 Å². The third-order valence-electron chi connectivity index (χ3n) is 14.3. The number of aryl methyl sites for hydroxylation is 3. The zero-order valence-corrected chi connectivity index (χ0v) is 50.3. The van der Waals surface area contributed by atoms with Crippen molar-refractivity contribution >= 4 is 103 Å². The molecule has 0 nitrogen and oxygen atoms in total. The molecule has 3 aromatic carbocycles. The van der Waals surface area contributed by atoms with E-state index < -0.39 is 56.5 Å². The van der Waals surface area contributed by atoms with E-state index >= 15 is 0 Å². The molecule has 0 radical (unpaired) electrons. The van der Waals surface area contributed by atoms with Gasteiger partial charge in [-0.2, -0.15) is 0 Å². The molecule has 3 aromatic rings. The van der Waals surface area contributed by atoms with Crippen LogP contribution in [0.4, 0.5) is 0 Å². The van der Waals surface area contributed by atoms with Crippen molar-refractivity contribution in [3.63, 3.8) is 0 Å². The molecule has 58 heavy (non-hydrogen) atoms. The Kier molecular flexibility index (Phi) is 13.2. The summed E-state index contributed by atoms with van der Waals surface area (Å²) in [6.45, 7) is 73.4. The summed E-state index contributed by atoms with van der Waals surface area (Å²) in [6.07, 6.45) is 0. The van der Waals surface area contributed by atoms with Crippen molar-refractivity contribution in [2.75, 3.05) is 0 Å². The maximum Gasteiger partial charge on any atom is 0.176 e. The van der Waals surface area contributed by atoms with E-state index in [1.807, 2.05) is 20.8 Å². The molecule has 0 heterocycles. The third-order valence-corrected chi connectivity index (χ3v) is 33.5. The average molecular weight is 898 g/mol. The van der Waals surface area contributed by atoms with E-state index in [4.69, 9.17) is 0 Å². The van der Waals surface area contributed by atoms with E-state index in [0.717, 1.165) is 0 Å². The van der Waals surface area contributed by atoms with Crippen LogP contribution in [0.1, 0.15) is 61.1 Å². The van der Waals surface area contributed by atoms with Gasteiger partial charge in [-0.3, -0.25) is 0 Å². The lowest BCUT2D eigenvalue weighted by Crippen LogP contribution is -2.85. The van der Waals surface area contributed by atoms with Gasteiger partial charge in [0.15, 0.2) is 8.07 Å². The van der Waals surface area contributed by atoms with Crippen LogP contribution in [-0.4, -0.2) is 56.5 Å². The Balaban J connectivity index is 2.85. The molecule has 1 aliphatic carbocycles. The van der Waals surface area contributed by atoms with Crippen LogP contribution in [0.15, 0.2) is 40.1 Å². The summed E-state index contributed by atoms with van der Waals surface area (Å²) >= 11 is 0. The van der Waals surface area contributed by atoms with Gasteiger partial charge in [0.2, 0.25) is 0 Å². The van der Waals surface area contributed by atoms with Gasteiger partial charge >= 0.3 is 0 Å². The fraction of sp³-hybridized carbons (Fsp3) is 0.569. The lowest BCUT2D eigenvalue weighted by molar-refractivity contribution is 0.852. The Morgan fingerprint density at radius 3 is 0.724 bits per heavy atom. The molecule has 0 amide bonds. The van der Waals surface area contributed by atoms with Gasteiger partial charge in [0.05, 0.1) is 48.4 Å². The van der Waals surface area contributed by atoms with Crippen molar-refractivity contribution in [2.45, 2.75) is 187 Å². The molecular formula is C51H88Si7. The number of benzene rings is 3. The maximum atomic E-state index is 2.86. The van der Waals surface area contributed by atoms with Crippen LogP contribution in [-0.2, 0) is 0 Å². The maximum absolute atomic E-state index is 3.15. The molecule has 0 bridgehead atoms. The number of allylic oxidation sites excluding steroid dienone is 4. The minimum atomic E-state index is -3.15. The van der Waals surface area contributed by atoms with E-state index in [9.17, 15) is 0 Å². The number of hydrogen-bond donors (Lipinski definition) is 0. The molecule has 320 valence electrons. The molecule has 0 saturated heterocycles. The van der Waals surface area contributed by atoms with Crippen LogP contribution in [0, 0.1) is 47.5 Å². The fourth-order valence-electron chi connectivity index (χ4n) is 11.6. The second kappa shape index (κ2) is 15.5. The fourth-order valence-corrected chi connectivity index (χ4v) is 42.0. The summed E-state index contributed by atoms with van der Waals surface area (Å²) in [5, 5.41) is 18.1. The highest BCUT2D eigenvalue weighted by Gasteiger charge is 2.56. The van der Waals surface area contributed by atoms with Crippen molar-refractivity contribution in [3.8, 4) is 0 Å². The Bertz CT molecular complexity index is 2010. The summed E-state index contributed by atoms with van der Waals surface area (Å²) in [5.74, 6) is 0.385. The summed E-state index contributed by atoms with van der Waals surface area (Å²) in [7, 11) is -14.6. The average Bonchev–Trinajstić information content (AvgIpc) is 3.20. The first kappa shape index (κ1) is 49.3. The minimum Gasteiger partial charge on any atom is -0.0656 e. The highest BCUT2D eigenvalue weighted by Crippen LogP contribution is 2.42. The standard InChI is InChI=1S/C51H88Si7/c1-32-29-42(49(55(20,21)22)46(35(32)4)52(11,12)13)58(45-40(9)38(7)39(8)41(45)10,43-30-33(2)36(5)47(53(14,15)16)50(43)56(23,24)25)44-31-34(3)37(6)48(54(17,18)19)51(44)57(26,27)28/h29-31,40H,1-28H3. The third kappa shape index (κ3) is 8.19. The molecule has 0 fully saturated rings. The molecule has 1 aliphatic rings. The van der Waals surface area contributed by atoms with E-state index in [2.05, 4.69) is 205 Å². The SMILES string of the molecule is CC1=C(C)C(C)C([Si](c2cc(C)c(C)c([Si](C)(C)C)c2[Si](C)(C)C)(c2cc(C)c(C)c([Si](C)(C)C)c2[Si](C)(C)C)c2cc(C)c(C)c([Si](C)(C)C)c2[Si](C)(C)C)=C1C. The van der Waals surface area contributed by atoms with Crippen LogP contribution in [0.5, 0.6) is 0 Å². The monoisotopic (exact) mass is 897 g/mol. The van der Waals surface area contributed by atoms with E-state index in [1.165, 1.54) is 16.7 Å². The molecule has 0 aromatic heterocycles. The topological polar surface area (TPSA) is 0 Å². The Morgan fingerprint density at radius 1 is 0.328 bits per heavy atom. The molecule has 0 aliphatic heterocycles. The predicted octanol–water partition coefficient (Wildman–Crippen LogP) is 10.1. The van der Waals surface area contributed by atoms with Crippen LogP contribution in [0.25, 0.3) is 0 Å². The summed E-state index contributed by atoms with van der Waals surface area (Å²) in [6, 6.07) is 8.59. The smallest absolute Gasteiger partial charge is 0.0656 e. The van der Waals surface area contributed by atoms with Gasteiger partial charge in [0.1, 0.15) is 0 Å². The first-order valence-corrected chi connectivity index (χ1v) is 45.6. The lowest BCUT2D eigenvalue weighted by Gasteiger charge is -2.49.